The van der Waals surface area contributed by atoms with E-state index >= 15 is 0 Å². The number of hydrogen-bond acceptors (Lipinski definition) is 4. The first-order chi connectivity index (χ1) is 13.5. The van der Waals surface area contributed by atoms with Gasteiger partial charge >= 0.3 is 0 Å². The molecule has 2 heterocycles. The minimum atomic E-state index is -0.413. The van der Waals surface area contributed by atoms with E-state index < -0.39 is 11.1 Å². The number of hydrogen-bond donors (Lipinski definition) is 0. The van der Waals surface area contributed by atoms with Crippen molar-refractivity contribution in [1.29, 1.82) is 0 Å². The van der Waals surface area contributed by atoms with Gasteiger partial charge in [0.15, 0.2) is 0 Å². The molecule has 28 heavy (non-hydrogen) atoms. The molecule has 2 aliphatic rings. The molecule has 0 bridgehead atoms. The number of halogens is 1. The number of thioether (sulfide) groups is 1. The molecule has 1 saturated heterocycles. The molecule has 0 saturated carbocycles. The van der Waals surface area contributed by atoms with Gasteiger partial charge in [-0.05, 0) is 53.1 Å². The molecule has 5 nitrogen and oxygen atoms in total. The molecule has 0 radical (unpaired) electrons. The van der Waals surface area contributed by atoms with Crippen molar-refractivity contribution in [3.8, 4) is 0 Å². The number of fused-ring (bicyclic) bond motifs is 1. The van der Waals surface area contributed by atoms with Crippen LogP contribution in [0, 0.1) is 0 Å². The molecule has 0 aromatic heterocycles. The zero-order valence-electron chi connectivity index (χ0n) is 14.9. The average Bonchev–Trinajstić information content (AvgIpc) is 2.96. The fourth-order valence-corrected chi connectivity index (χ4v) is 4.39. The van der Waals surface area contributed by atoms with E-state index in [0.717, 1.165) is 38.7 Å². The molecule has 0 N–H and O–H groups in total. The predicted octanol–water partition coefficient (Wildman–Crippen LogP) is 4.07. The molecule has 3 amide bonds. The average molecular weight is 457 g/mol. The van der Waals surface area contributed by atoms with Crippen LogP contribution in [-0.4, -0.2) is 39.9 Å². The Labute approximate surface area is 175 Å². The highest BCUT2D eigenvalue weighted by Gasteiger charge is 2.37. The molecule has 0 spiro atoms. The lowest BCUT2D eigenvalue weighted by atomic mass is 10.00. The summed E-state index contributed by atoms with van der Waals surface area (Å²) >= 11 is 4.24. The minimum Gasteiger partial charge on any atom is -0.336 e. The summed E-state index contributed by atoms with van der Waals surface area (Å²) in [5, 5.41) is -0.404. The SMILES string of the molecule is O=C(CN1C(=O)S/C(=C/c2ccc(Br)cc2)C1=O)N1CCc2ccccc2C1. The lowest BCUT2D eigenvalue weighted by molar-refractivity contribution is -0.136. The van der Waals surface area contributed by atoms with Crippen LogP contribution in [0.2, 0.25) is 0 Å². The number of rotatable bonds is 3. The third kappa shape index (κ3) is 3.91. The summed E-state index contributed by atoms with van der Waals surface area (Å²) in [5.74, 6) is -0.620. The van der Waals surface area contributed by atoms with E-state index in [1.807, 2.05) is 42.5 Å². The highest BCUT2D eigenvalue weighted by molar-refractivity contribution is 9.10. The summed E-state index contributed by atoms with van der Waals surface area (Å²) in [6, 6.07) is 15.5. The maximum absolute atomic E-state index is 12.7. The molecular weight excluding hydrogens is 440 g/mol. The summed E-state index contributed by atoms with van der Waals surface area (Å²) < 4.78 is 0.937. The zero-order chi connectivity index (χ0) is 19.7. The molecule has 0 atom stereocenters. The van der Waals surface area contributed by atoms with Gasteiger partial charge in [-0.3, -0.25) is 19.3 Å². The first kappa shape index (κ1) is 19.0. The molecule has 0 aliphatic carbocycles. The fourth-order valence-electron chi connectivity index (χ4n) is 3.29. The third-order valence-corrected chi connectivity index (χ3v) is 6.25. The largest absolute Gasteiger partial charge is 0.336 e. The van der Waals surface area contributed by atoms with Crippen molar-refractivity contribution in [2.75, 3.05) is 13.1 Å². The Balaban J connectivity index is 1.45. The Kier molecular flexibility index (Phi) is 5.37. The maximum atomic E-state index is 12.7. The highest BCUT2D eigenvalue weighted by Crippen LogP contribution is 2.32. The molecule has 7 heteroatoms. The smallest absolute Gasteiger partial charge is 0.294 e. The number of nitrogens with zero attached hydrogens (tertiary/aromatic N) is 2. The van der Waals surface area contributed by atoms with E-state index in [2.05, 4.69) is 22.0 Å². The second-order valence-electron chi connectivity index (χ2n) is 6.65. The van der Waals surface area contributed by atoms with Crippen molar-refractivity contribution in [2.24, 2.45) is 0 Å². The van der Waals surface area contributed by atoms with Crippen LogP contribution in [0.4, 0.5) is 4.79 Å². The Morgan fingerprint density at radius 2 is 1.79 bits per heavy atom. The van der Waals surface area contributed by atoms with Crippen molar-refractivity contribution in [1.82, 2.24) is 9.80 Å². The van der Waals surface area contributed by atoms with Crippen LogP contribution >= 0.6 is 27.7 Å². The Bertz CT molecular complexity index is 987. The van der Waals surface area contributed by atoms with Gasteiger partial charge in [0.05, 0.1) is 4.91 Å². The second kappa shape index (κ2) is 7.93. The Morgan fingerprint density at radius 1 is 1.07 bits per heavy atom. The van der Waals surface area contributed by atoms with Crippen LogP contribution in [0.5, 0.6) is 0 Å². The van der Waals surface area contributed by atoms with Crippen molar-refractivity contribution in [3.63, 3.8) is 0 Å². The topological polar surface area (TPSA) is 57.7 Å². The standard InChI is InChI=1S/C21H17BrN2O3S/c22-17-7-5-14(6-8-17)11-18-20(26)24(21(27)28-18)13-19(25)23-10-9-15-3-1-2-4-16(15)12-23/h1-8,11H,9-10,12-13H2/b18-11+. The van der Waals surface area contributed by atoms with Crippen LogP contribution in [-0.2, 0) is 22.6 Å². The van der Waals surface area contributed by atoms with E-state index in [1.54, 1.807) is 11.0 Å². The molecular formula is C21H17BrN2O3S. The van der Waals surface area contributed by atoms with Crippen molar-refractivity contribution in [3.05, 3.63) is 74.6 Å². The van der Waals surface area contributed by atoms with Crippen LogP contribution in [0.25, 0.3) is 6.08 Å². The zero-order valence-corrected chi connectivity index (χ0v) is 17.3. The second-order valence-corrected chi connectivity index (χ2v) is 8.56. The third-order valence-electron chi connectivity index (χ3n) is 4.82. The van der Waals surface area contributed by atoms with E-state index in [9.17, 15) is 14.4 Å². The van der Waals surface area contributed by atoms with Crippen LogP contribution < -0.4 is 0 Å². The first-order valence-electron chi connectivity index (χ1n) is 8.87. The summed E-state index contributed by atoms with van der Waals surface area (Å²) in [6.45, 7) is 0.894. The van der Waals surface area contributed by atoms with Gasteiger partial charge in [-0.1, -0.05) is 52.3 Å². The maximum Gasteiger partial charge on any atom is 0.294 e. The van der Waals surface area contributed by atoms with Gasteiger partial charge in [-0.25, -0.2) is 0 Å². The van der Waals surface area contributed by atoms with E-state index in [-0.39, 0.29) is 12.5 Å². The van der Waals surface area contributed by atoms with Gasteiger partial charge in [0.25, 0.3) is 11.1 Å². The normalized spacial score (nSPS) is 18.0. The van der Waals surface area contributed by atoms with Crippen LogP contribution in [0.1, 0.15) is 16.7 Å². The molecule has 4 rings (SSSR count). The summed E-state index contributed by atoms with van der Waals surface area (Å²) in [7, 11) is 0. The number of amides is 3. The van der Waals surface area contributed by atoms with E-state index in [4.69, 9.17) is 0 Å². The lowest BCUT2D eigenvalue weighted by Gasteiger charge is -2.29. The number of benzene rings is 2. The van der Waals surface area contributed by atoms with E-state index in [0.29, 0.717) is 18.0 Å². The highest BCUT2D eigenvalue weighted by atomic mass is 79.9. The summed E-state index contributed by atoms with van der Waals surface area (Å²) in [4.78, 5) is 40.7. The Hall–Kier alpha value is -2.38. The predicted molar refractivity (Wildman–Crippen MR) is 112 cm³/mol. The van der Waals surface area contributed by atoms with Crippen LogP contribution in [0.3, 0.4) is 0 Å². The monoisotopic (exact) mass is 456 g/mol. The van der Waals surface area contributed by atoms with Crippen LogP contribution in [0.15, 0.2) is 57.9 Å². The molecule has 1 fully saturated rings. The molecule has 2 aromatic carbocycles. The Morgan fingerprint density at radius 3 is 2.54 bits per heavy atom. The van der Waals surface area contributed by atoms with Gasteiger partial charge in [-0.2, -0.15) is 0 Å². The molecule has 142 valence electrons. The lowest BCUT2D eigenvalue weighted by Crippen LogP contribution is -2.44. The van der Waals surface area contributed by atoms with Gasteiger partial charge in [0.1, 0.15) is 6.54 Å². The van der Waals surface area contributed by atoms with E-state index in [1.165, 1.54) is 5.56 Å². The van der Waals surface area contributed by atoms with Gasteiger partial charge in [0.2, 0.25) is 5.91 Å². The van der Waals surface area contributed by atoms with Gasteiger partial charge in [-0.15, -0.1) is 0 Å². The van der Waals surface area contributed by atoms with Crippen molar-refractivity contribution >= 4 is 50.8 Å². The molecule has 2 aliphatic heterocycles. The number of carbonyl (C=O) groups excluding carboxylic acids is 3. The summed E-state index contributed by atoms with van der Waals surface area (Å²) in [5.41, 5.74) is 3.19. The van der Waals surface area contributed by atoms with Crippen molar-refractivity contribution < 1.29 is 14.4 Å². The van der Waals surface area contributed by atoms with Crippen molar-refractivity contribution in [2.45, 2.75) is 13.0 Å². The number of imide groups is 1. The minimum absolute atomic E-state index is 0.207. The van der Waals surface area contributed by atoms with Gasteiger partial charge < -0.3 is 4.90 Å². The summed E-state index contributed by atoms with van der Waals surface area (Å²) in [6.07, 6.45) is 2.46. The fraction of sp³-hybridized carbons (Fsp3) is 0.190. The molecule has 0 unspecified atom stereocenters. The number of carbonyl (C=O) groups is 3. The van der Waals surface area contributed by atoms with Gasteiger partial charge in [0, 0.05) is 17.6 Å². The quantitative estimate of drug-likeness (QED) is 0.653. The first-order valence-corrected chi connectivity index (χ1v) is 10.5. The molecule has 2 aromatic rings.